The minimum Gasteiger partial charge on any atom is -0.483 e. The molecule has 2 aromatic carbocycles. The number of fused-ring (bicyclic) bond motifs is 1. The molecule has 0 aliphatic carbocycles. The van der Waals surface area contributed by atoms with Gasteiger partial charge in [0.2, 0.25) is 0 Å². The van der Waals surface area contributed by atoms with Gasteiger partial charge in [0.25, 0.3) is 0 Å². The average molecular weight is 517 g/mol. The number of hydrazine groups is 2. The van der Waals surface area contributed by atoms with Crippen LogP contribution in [0.1, 0.15) is 11.3 Å². The minimum absolute atomic E-state index is 0.00719. The molecule has 2 heterocycles. The highest BCUT2D eigenvalue weighted by atomic mass is 19.4. The minimum atomic E-state index is -4.63. The van der Waals surface area contributed by atoms with Gasteiger partial charge < -0.3 is 9.84 Å². The maximum atomic E-state index is 16.0. The van der Waals surface area contributed by atoms with Gasteiger partial charge in [0, 0.05) is 24.1 Å². The van der Waals surface area contributed by atoms with Crippen LogP contribution in [0.4, 0.5) is 30.7 Å². The number of benzene rings is 2. The molecule has 0 fully saturated rings. The molecule has 1 aliphatic rings. The zero-order chi connectivity index (χ0) is 26.3. The Balaban J connectivity index is 1.78. The summed E-state index contributed by atoms with van der Waals surface area (Å²) in [6, 6.07) is 7.34. The number of hydrogen-bond donors (Lipinski definition) is 2. The Morgan fingerprint density at radius 3 is 2.42 bits per heavy atom. The predicted molar refractivity (Wildman–Crippen MR) is 114 cm³/mol. The summed E-state index contributed by atoms with van der Waals surface area (Å²) in [4.78, 5) is 3.83. The van der Waals surface area contributed by atoms with E-state index < -0.39 is 53.7 Å². The van der Waals surface area contributed by atoms with Gasteiger partial charge in [-0.05, 0) is 36.4 Å². The Hall–Kier alpha value is -3.65. The monoisotopic (exact) mass is 517 g/mol. The van der Waals surface area contributed by atoms with Crippen LogP contribution >= 0.6 is 0 Å². The standard InChI is InChI=1S/C22H18F7N5O2/c1-33-30-12-34(32-33)10-20(35,15-7-5-13(23)9-16(15)24)22(28,29)19-8-6-14-17(31-19)3-2-4-18(14)36-11-21(25,26)27/h2-9,12,32,35H,10-11H2,1H3. The summed E-state index contributed by atoms with van der Waals surface area (Å²) in [5, 5.41) is 17.2. The number of hydrogen-bond acceptors (Lipinski definition) is 7. The van der Waals surface area contributed by atoms with E-state index in [1.54, 1.807) is 0 Å². The first-order valence-corrected chi connectivity index (χ1v) is 10.3. The van der Waals surface area contributed by atoms with Crippen molar-refractivity contribution in [2.45, 2.75) is 17.7 Å². The van der Waals surface area contributed by atoms with Gasteiger partial charge in [-0.3, -0.25) is 5.01 Å². The summed E-state index contributed by atoms with van der Waals surface area (Å²) in [6.07, 6.45) is -3.56. The number of β-amino-alcohol motifs (C(OH)–C–C–N with tert-alkyl or cyclic N) is 1. The van der Waals surface area contributed by atoms with Crippen LogP contribution in [0.2, 0.25) is 0 Å². The van der Waals surface area contributed by atoms with E-state index in [0.29, 0.717) is 12.1 Å². The number of hydrazone groups is 1. The highest BCUT2D eigenvalue weighted by Gasteiger charge is 2.58. The number of nitrogens with one attached hydrogen (secondary N) is 1. The number of aliphatic hydroxyl groups is 1. The van der Waals surface area contributed by atoms with Crippen molar-refractivity contribution in [1.29, 1.82) is 0 Å². The molecule has 1 aliphatic heterocycles. The van der Waals surface area contributed by atoms with Gasteiger partial charge in [-0.25, -0.2) is 18.9 Å². The van der Waals surface area contributed by atoms with Gasteiger partial charge in [0.1, 0.15) is 29.4 Å². The lowest BCUT2D eigenvalue weighted by molar-refractivity contribution is -0.207. The molecule has 1 unspecified atom stereocenters. The fourth-order valence-electron chi connectivity index (χ4n) is 3.68. The second-order valence-electron chi connectivity index (χ2n) is 7.96. The molecule has 0 amide bonds. The first-order valence-electron chi connectivity index (χ1n) is 10.3. The quantitative estimate of drug-likeness (QED) is 0.461. The summed E-state index contributed by atoms with van der Waals surface area (Å²) < 4.78 is 103. The third-order valence-electron chi connectivity index (χ3n) is 5.34. The Labute approximate surface area is 199 Å². The molecule has 0 saturated carbocycles. The molecule has 36 heavy (non-hydrogen) atoms. The molecule has 7 nitrogen and oxygen atoms in total. The molecule has 14 heteroatoms. The van der Waals surface area contributed by atoms with E-state index in [4.69, 9.17) is 4.74 Å². The molecule has 192 valence electrons. The van der Waals surface area contributed by atoms with Crippen LogP contribution < -0.4 is 10.3 Å². The first kappa shape index (κ1) is 25.4. The maximum absolute atomic E-state index is 16.0. The Morgan fingerprint density at radius 2 is 1.78 bits per heavy atom. The number of pyridine rings is 1. The van der Waals surface area contributed by atoms with Crippen molar-refractivity contribution in [3.05, 3.63) is 71.4 Å². The number of rotatable bonds is 7. The SMILES string of the molecule is CN1N=CN(CC(O)(c2ccc(F)cc2F)C(F)(F)c2ccc3c(OCC(F)(F)F)cccc3n2)N1. The molecule has 0 bridgehead atoms. The van der Waals surface area contributed by atoms with E-state index in [1.807, 2.05) is 0 Å². The van der Waals surface area contributed by atoms with Crippen LogP contribution in [0, 0.1) is 11.6 Å². The lowest BCUT2D eigenvalue weighted by atomic mass is 9.84. The zero-order valence-electron chi connectivity index (χ0n) is 18.4. The molecule has 0 saturated heterocycles. The molecule has 0 radical (unpaired) electrons. The topological polar surface area (TPSA) is 73.2 Å². The normalized spacial score (nSPS) is 16.0. The Bertz CT molecular complexity index is 1300. The largest absolute Gasteiger partial charge is 0.483 e. The zero-order valence-corrected chi connectivity index (χ0v) is 18.4. The van der Waals surface area contributed by atoms with Crippen molar-refractivity contribution in [2.24, 2.45) is 5.10 Å². The van der Waals surface area contributed by atoms with E-state index in [0.717, 1.165) is 34.7 Å². The highest BCUT2D eigenvalue weighted by molar-refractivity contribution is 5.85. The van der Waals surface area contributed by atoms with Crippen LogP contribution in [0.3, 0.4) is 0 Å². The number of ether oxygens (including phenoxy) is 1. The first-order chi connectivity index (χ1) is 16.8. The van der Waals surface area contributed by atoms with E-state index in [1.165, 1.54) is 25.2 Å². The van der Waals surface area contributed by atoms with Crippen LogP contribution in [0.15, 0.2) is 53.6 Å². The van der Waals surface area contributed by atoms with E-state index in [2.05, 4.69) is 15.6 Å². The van der Waals surface area contributed by atoms with Gasteiger partial charge in [-0.1, -0.05) is 6.07 Å². The maximum Gasteiger partial charge on any atom is 0.422 e. The molecule has 4 rings (SSSR count). The third-order valence-corrected chi connectivity index (χ3v) is 5.34. The van der Waals surface area contributed by atoms with E-state index >= 15 is 8.78 Å². The Kier molecular flexibility index (Phi) is 6.43. The number of aromatic nitrogens is 1. The second-order valence-corrected chi connectivity index (χ2v) is 7.96. The van der Waals surface area contributed by atoms with E-state index in [9.17, 15) is 27.1 Å². The van der Waals surface area contributed by atoms with Crippen molar-refractivity contribution in [2.75, 3.05) is 20.2 Å². The molecular formula is C22H18F7N5O2. The average Bonchev–Trinajstić information content (AvgIpc) is 3.20. The summed E-state index contributed by atoms with van der Waals surface area (Å²) in [7, 11) is 1.44. The predicted octanol–water partition coefficient (Wildman–Crippen LogP) is 4.04. The highest BCUT2D eigenvalue weighted by Crippen LogP contribution is 2.46. The molecule has 1 atom stereocenters. The van der Waals surface area contributed by atoms with Gasteiger partial charge in [0.05, 0.1) is 12.1 Å². The third kappa shape index (κ3) is 4.86. The fraction of sp³-hybridized carbons (Fsp3) is 0.273. The summed E-state index contributed by atoms with van der Waals surface area (Å²) in [6.45, 7) is -2.56. The molecule has 2 N–H and O–H groups in total. The Morgan fingerprint density at radius 1 is 1.03 bits per heavy atom. The molecular weight excluding hydrogens is 499 g/mol. The number of halogens is 7. The smallest absolute Gasteiger partial charge is 0.422 e. The van der Waals surface area contributed by atoms with Crippen LogP contribution in [0.5, 0.6) is 5.75 Å². The number of nitrogens with zero attached hydrogens (tertiary/aromatic N) is 4. The van der Waals surface area contributed by atoms with Crippen molar-refractivity contribution in [3.63, 3.8) is 0 Å². The van der Waals surface area contributed by atoms with Crippen molar-refractivity contribution >= 4 is 17.2 Å². The van der Waals surface area contributed by atoms with Crippen LogP contribution in [-0.4, -0.2) is 52.9 Å². The fourth-order valence-corrected chi connectivity index (χ4v) is 3.68. The van der Waals surface area contributed by atoms with Gasteiger partial charge in [-0.15, -0.1) is 10.6 Å². The summed E-state index contributed by atoms with van der Waals surface area (Å²) in [5.41, 5.74) is -2.87. The van der Waals surface area contributed by atoms with Gasteiger partial charge in [0.15, 0.2) is 12.2 Å². The van der Waals surface area contributed by atoms with E-state index in [-0.39, 0.29) is 16.7 Å². The lowest BCUT2D eigenvalue weighted by Gasteiger charge is -2.38. The van der Waals surface area contributed by atoms with Gasteiger partial charge in [-0.2, -0.15) is 22.0 Å². The van der Waals surface area contributed by atoms with Crippen LogP contribution in [-0.2, 0) is 11.5 Å². The lowest BCUT2D eigenvalue weighted by Crippen LogP contribution is -2.55. The van der Waals surface area contributed by atoms with Crippen molar-refractivity contribution < 1.29 is 40.6 Å². The molecule has 1 aromatic heterocycles. The summed E-state index contributed by atoms with van der Waals surface area (Å²) in [5.74, 6) is -7.00. The summed E-state index contributed by atoms with van der Waals surface area (Å²) >= 11 is 0. The molecule has 3 aromatic rings. The van der Waals surface area contributed by atoms with Crippen molar-refractivity contribution in [3.8, 4) is 5.75 Å². The number of alkyl halides is 5. The van der Waals surface area contributed by atoms with Crippen LogP contribution in [0.25, 0.3) is 10.9 Å². The second kappa shape index (κ2) is 9.09. The van der Waals surface area contributed by atoms with Gasteiger partial charge >= 0.3 is 12.1 Å². The van der Waals surface area contributed by atoms with Crippen molar-refractivity contribution in [1.82, 2.24) is 20.6 Å². The molecule has 0 spiro atoms.